The molecule has 4 N–H and O–H groups in total. The zero-order valence-electron chi connectivity index (χ0n) is 30.6. The fraction of sp³-hybridized carbons (Fsp3) is 0.211. The molecule has 0 aromatic heterocycles. The van der Waals surface area contributed by atoms with Crippen LogP contribution in [0.2, 0.25) is 0 Å². The minimum atomic E-state index is -4.00. The summed E-state index contributed by atoms with van der Waals surface area (Å²) in [5.74, 6) is -8.57. The maximum absolute atomic E-state index is 14.5. The van der Waals surface area contributed by atoms with Crippen LogP contribution in [0.5, 0.6) is 23.0 Å². The van der Waals surface area contributed by atoms with Crippen LogP contribution in [0.4, 0.5) is 17.6 Å². The van der Waals surface area contributed by atoms with Gasteiger partial charge in [-0.25, -0.2) is 53.4 Å². The summed E-state index contributed by atoms with van der Waals surface area (Å²) in [6.07, 6.45) is 2.17. The van der Waals surface area contributed by atoms with E-state index in [1.807, 2.05) is 0 Å². The average molecular weight is 853 g/mol. The van der Waals surface area contributed by atoms with Crippen molar-refractivity contribution in [2.45, 2.75) is 23.6 Å². The number of aliphatic carboxylic acids is 2. The summed E-state index contributed by atoms with van der Waals surface area (Å²) in [6.45, 7) is 2.30. The molecule has 0 saturated carbocycles. The molecule has 4 aromatic rings. The molecule has 0 fully saturated rings. The molecule has 0 saturated heterocycles. The lowest BCUT2D eigenvalue weighted by Crippen LogP contribution is -2.28. The van der Waals surface area contributed by atoms with E-state index in [0.717, 1.165) is 60.7 Å². The molecule has 0 unspecified atom stereocenters. The topological polar surface area (TPSA) is 204 Å². The van der Waals surface area contributed by atoms with Crippen LogP contribution in [0.15, 0.2) is 93.7 Å². The third kappa shape index (κ3) is 12.9. The number of halogens is 4. The SMILES string of the molecule is CC(=Cc1cc(F)c(Oc2ccc(S(=O)(=O)NCCOCCOCCNS(=O)(=O)c3ccc(Oc4c(F)cc(C=C(C)C(=O)O)cc4F)cc3)cc2)c(F)c1)C(=O)O. The Balaban J connectivity index is 1.13. The van der Waals surface area contributed by atoms with Gasteiger partial charge in [0.2, 0.25) is 20.0 Å². The van der Waals surface area contributed by atoms with Crippen LogP contribution in [-0.4, -0.2) is 78.5 Å². The first kappa shape index (κ1) is 45.1. The molecular formula is C38H36F4N2O12S2. The molecule has 20 heteroatoms. The van der Waals surface area contributed by atoms with Crippen LogP contribution in [0.25, 0.3) is 12.2 Å². The Morgan fingerprint density at radius 2 is 0.879 bits per heavy atom. The van der Waals surface area contributed by atoms with Crippen molar-refractivity contribution in [2.75, 3.05) is 39.5 Å². The number of benzene rings is 4. The molecule has 0 aliphatic rings. The first-order chi connectivity index (χ1) is 27.4. The predicted molar refractivity (Wildman–Crippen MR) is 200 cm³/mol. The number of hydrogen-bond donors (Lipinski definition) is 4. The van der Waals surface area contributed by atoms with Crippen molar-refractivity contribution in [3.05, 3.63) is 118 Å². The summed E-state index contributed by atoms with van der Waals surface area (Å²) in [5, 5.41) is 17.9. The lowest BCUT2D eigenvalue weighted by atomic mass is 10.1. The maximum Gasteiger partial charge on any atom is 0.331 e. The second-order valence-corrected chi connectivity index (χ2v) is 15.6. The van der Waals surface area contributed by atoms with Gasteiger partial charge in [0.15, 0.2) is 34.8 Å². The summed E-state index contributed by atoms with van der Waals surface area (Å²) >= 11 is 0. The molecule has 0 amide bonds. The summed E-state index contributed by atoms with van der Waals surface area (Å²) in [4.78, 5) is 21.6. The average Bonchev–Trinajstić information content (AvgIpc) is 3.15. The van der Waals surface area contributed by atoms with Crippen LogP contribution >= 0.6 is 0 Å². The molecule has 4 aromatic carbocycles. The normalized spacial score (nSPS) is 12.4. The van der Waals surface area contributed by atoms with Gasteiger partial charge in [-0.15, -0.1) is 0 Å². The highest BCUT2D eigenvalue weighted by Crippen LogP contribution is 2.31. The first-order valence-electron chi connectivity index (χ1n) is 16.9. The number of carboxylic acids is 2. The second-order valence-electron chi connectivity index (χ2n) is 12.1. The van der Waals surface area contributed by atoms with Crippen molar-refractivity contribution in [1.82, 2.24) is 9.44 Å². The highest BCUT2D eigenvalue weighted by molar-refractivity contribution is 7.89. The summed E-state index contributed by atoms with van der Waals surface area (Å²) in [5.41, 5.74) is -0.335. The Bertz CT molecular complexity index is 2190. The van der Waals surface area contributed by atoms with Crippen LogP contribution in [-0.2, 0) is 39.1 Å². The lowest BCUT2D eigenvalue weighted by Gasteiger charge is -2.11. The quantitative estimate of drug-likeness (QED) is 0.0427. The van der Waals surface area contributed by atoms with Gasteiger partial charge in [-0.2, -0.15) is 0 Å². The summed E-state index contributed by atoms with van der Waals surface area (Å²) in [6, 6.07) is 13.0. The van der Waals surface area contributed by atoms with E-state index in [-0.39, 0.29) is 83.1 Å². The van der Waals surface area contributed by atoms with Gasteiger partial charge in [0.25, 0.3) is 0 Å². The number of sulfonamides is 2. The smallest absolute Gasteiger partial charge is 0.331 e. The first-order valence-corrected chi connectivity index (χ1v) is 19.8. The summed E-state index contributed by atoms with van der Waals surface area (Å²) in [7, 11) is -8.00. The van der Waals surface area contributed by atoms with Crippen molar-refractivity contribution >= 4 is 44.1 Å². The van der Waals surface area contributed by atoms with E-state index in [1.54, 1.807) is 0 Å². The number of rotatable bonds is 21. The highest BCUT2D eigenvalue weighted by Gasteiger charge is 2.19. The van der Waals surface area contributed by atoms with Crippen LogP contribution in [0.1, 0.15) is 25.0 Å². The van der Waals surface area contributed by atoms with E-state index in [2.05, 4.69) is 9.44 Å². The molecule has 310 valence electrons. The largest absolute Gasteiger partial charge is 0.478 e. The third-order valence-electron chi connectivity index (χ3n) is 7.64. The second kappa shape index (κ2) is 20.2. The van der Waals surface area contributed by atoms with Crippen molar-refractivity contribution < 1.29 is 73.1 Å². The van der Waals surface area contributed by atoms with Crippen LogP contribution < -0.4 is 18.9 Å². The van der Waals surface area contributed by atoms with Crippen LogP contribution in [0.3, 0.4) is 0 Å². The van der Waals surface area contributed by atoms with Crippen molar-refractivity contribution in [3.8, 4) is 23.0 Å². The number of hydrogen-bond acceptors (Lipinski definition) is 10. The third-order valence-corrected chi connectivity index (χ3v) is 10.6. The van der Waals surface area contributed by atoms with Gasteiger partial charge in [0.1, 0.15) is 11.5 Å². The molecular weight excluding hydrogens is 817 g/mol. The van der Waals surface area contributed by atoms with E-state index in [1.165, 1.54) is 38.1 Å². The number of ether oxygens (including phenoxy) is 4. The van der Waals surface area contributed by atoms with Gasteiger partial charge in [0, 0.05) is 24.2 Å². The fourth-order valence-corrected chi connectivity index (χ4v) is 6.76. The number of nitrogens with one attached hydrogen (secondary N) is 2. The molecule has 0 radical (unpaired) electrons. The number of carboxylic acid groups (broad SMARTS) is 2. The molecule has 0 aliphatic carbocycles. The van der Waals surface area contributed by atoms with E-state index < -0.39 is 66.8 Å². The zero-order chi connectivity index (χ0) is 42.6. The Hall–Kier alpha value is -5.64. The molecule has 14 nitrogen and oxygen atoms in total. The Kier molecular flexibility index (Phi) is 15.7. The van der Waals surface area contributed by atoms with Gasteiger partial charge in [0.05, 0.1) is 36.2 Å². The van der Waals surface area contributed by atoms with Gasteiger partial charge in [-0.05, 0) is 110 Å². The van der Waals surface area contributed by atoms with E-state index >= 15 is 0 Å². The molecule has 4 rings (SSSR count). The van der Waals surface area contributed by atoms with E-state index in [0.29, 0.717) is 0 Å². The molecule has 0 aliphatic heterocycles. The summed E-state index contributed by atoms with van der Waals surface area (Å²) < 4.78 is 134. The van der Waals surface area contributed by atoms with Crippen molar-refractivity contribution in [2.24, 2.45) is 0 Å². The Labute approximate surface area is 330 Å². The molecule has 0 atom stereocenters. The van der Waals surface area contributed by atoms with Gasteiger partial charge in [-0.3, -0.25) is 0 Å². The molecule has 58 heavy (non-hydrogen) atoms. The van der Waals surface area contributed by atoms with E-state index in [9.17, 15) is 44.0 Å². The van der Waals surface area contributed by atoms with Crippen molar-refractivity contribution in [1.29, 1.82) is 0 Å². The number of carbonyl (C=O) groups is 2. The maximum atomic E-state index is 14.5. The Morgan fingerprint density at radius 3 is 1.17 bits per heavy atom. The molecule has 0 bridgehead atoms. The predicted octanol–water partition coefficient (Wildman–Crippen LogP) is 6.09. The zero-order valence-corrected chi connectivity index (χ0v) is 32.3. The lowest BCUT2D eigenvalue weighted by molar-refractivity contribution is -0.133. The monoisotopic (exact) mass is 852 g/mol. The van der Waals surface area contributed by atoms with E-state index in [4.69, 9.17) is 29.2 Å². The Morgan fingerprint density at radius 1 is 0.569 bits per heavy atom. The minimum Gasteiger partial charge on any atom is -0.478 e. The minimum absolute atomic E-state index is 0.0310. The van der Waals surface area contributed by atoms with Gasteiger partial charge >= 0.3 is 11.9 Å². The fourth-order valence-electron chi connectivity index (χ4n) is 4.74. The molecule has 0 heterocycles. The van der Waals surface area contributed by atoms with Crippen molar-refractivity contribution in [3.63, 3.8) is 0 Å². The standard InChI is InChI=1S/C38H36F4N2O12S2/c1-23(37(45)46)17-25-19-31(39)35(32(40)20-25)55-27-3-7-29(8-4-27)57(49,50)43-11-13-53-15-16-54-14-12-44-58(51,52)30-9-5-28(6-10-30)56-36-33(41)21-26(22-34(36)42)18-24(2)38(47)48/h3-10,17-22,43-44H,11-16H2,1-2H3,(H,45,46)(H,47,48). The highest BCUT2D eigenvalue weighted by atomic mass is 32.2. The van der Waals surface area contributed by atoms with Gasteiger partial charge < -0.3 is 29.2 Å². The molecule has 0 spiro atoms. The van der Waals surface area contributed by atoms with Crippen LogP contribution in [0, 0.1) is 23.3 Å². The van der Waals surface area contributed by atoms with Gasteiger partial charge in [-0.1, -0.05) is 0 Å².